The lowest BCUT2D eigenvalue weighted by molar-refractivity contribution is 0.00413. The van der Waals surface area contributed by atoms with Crippen LogP contribution in [0, 0.1) is 5.92 Å². The SMILES string of the molecule is CCNC(C)C1CCN(CC(C)(O)c2ccccc2)CC1. The molecule has 3 nitrogen and oxygen atoms in total. The van der Waals surface area contributed by atoms with Gasteiger partial charge in [0, 0.05) is 12.6 Å². The predicted molar refractivity (Wildman–Crippen MR) is 88.3 cm³/mol. The first-order valence-corrected chi connectivity index (χ1v) is 8.26. The Morgan fingerprint density at radius 3 is 2.48 bits per heavy atom. The van der Waals surface area contributed by atoms with E-state index in [2.05, 4.69) is 24.1 Å². The van der Waals surface area contributed by atoms with E-state index in [4.69, 9.17) is 0 Å². The van der Waals surface area contributed by atoms with Crippen molar-refractivity contribution in [1.82, 2.24) is 10.2 Å². The first kappa shape index (κ1) is 16.5. The van der Waals surface area contributed by atoms with E-state index in [9.17, 15) is 5.11 Å². The highest BCUT2D eigenvalue weighted by Gasteiger charge is 2.29. The Morgan fingerprint density at radius 2 is 1.90 bits per heavy atom. The Hall–Kier alpha value is -0.900. The Labute approximate surface area is 129 Å². The molecule has 0 bridgehead atoms. The molecule has 1 fully saturated rings. The molecule has 2 rings (SSSR count). The van der Waals surface area contributed by atoms with Gasteiger partial charge >= 0.3 is 0 Å². The highest BCUT2D eigenvalue weighted by molar-refractivity contribution is 5.21. The summed E-state index contributed by atoms with van der Waals surface area (Å²) < 4.78 is 0. The van der Waals surface area contributed by atoms with Gasteiger partial charge in [-0.15, -0.1) is 0 Å². The third kappa shape index (κ3) is 4.53. The first-order valence-electron chi connectivity index (χ1n) is 8.26. The normalized spacial score (nSPS) is 21.9. The summed E-state index contributed by atoms with van der Waals surface area (Å²) in [6, 6.07) is 10.6. The summed E-state index contributed by atoms with van der Waals surface area (Å²) in [5.74, 6) is 0.767. The van der Waals surface area contributed by atoms with Gasteiger partial charge in [-0.2, -0.15) is 0 Å². The summed E-state index contributed by atoms with van der Waals surface area (Å²) in [6.07, 6.45) is 2.44. The molecule has 118 valence electrons. The third-order valence-corrected chi connectivity index (χ3v) is 4.79. The van der Waals surface area contributed by atoms with Crippen LogP contribution in [0.25, 0.3) is 0 Å². The molecule has 0 aliphatic carbocycles. The highest BCUT2D eigenvalue weighted by Crippen LogP contribution is 2.26. The first-order chi connectivity index (χ1) is 10.0. The van der Waals surface area contributed by atoms with Crippen molar-refractivity contribution in [2.24, 2.45) is 5.92 Å². The van der Waals surface area contributed by atoms with Crippen LogP contribution in [0.15, 0.2) is 30.3 Å². The molecule has 1 aliphatic heterocycles. The van der Waals surface area contributed by atoms with Gasteiger partial charge in [-0.1, -0.05) is 37.3 Å². The monoisotopic (exact) mass is 290 g/mol. The van der Waals surface area contributed by atoms with Gasteiger partial charge in [-0.05, 0) is 57.8 Å². The van der Waals surface area contributed by atoms with Crippen molar-refractivity contribution in [2.45, 2.75) is 45.3 Å². The van der Waals surface area contributed by atoms with E-state index in [1.54, 1.807) is 0 Å². The summed E-state index contributed by atoms with van der Waals surface area (Å²) in [4.78, 5) is 2.40. The molecule has 1 aromatic carbocycles. The molecule has 1 aliphatic rings. The molecule has 21 heavy (non-hydrogen) atoms. The average Bonchev–Trinajstić information content (AvgIpc) is 2.49. The fraction of sp³-hybridized carbons (Fsp3) is 0.667. The maximum Gasteiger partial charge on any atom is 0.0994 e. The quantitative estimate of drug-likeness (QED) is 0.845. The minimum absolute atomic E-state index is 0.604. The molecule has 0 amide bonds. The molecule has 0 spiro atoms. The standard InChI is InChI=1S/C18H30N2O/c1-4-19-15(2)16-10-12-20(13-11-16)14-18(3,21)17-8-6-5-7-9-17/h5-9,15-16,19,21H,4,10-14H2,1-3H3. The Balaban J connectivity index is 1.86. The predicted octanol–water partition coefficient (Wildman–Crippen LogP) is 2.60. The van der Waals surface area contributed by atoms with Crippen LogP contribution in [0.4, 0.5) is 0 Å². The lowest BCUT2D eigenvalue weighted by atomic mass is 9.88. The lowest BCUT2D eigenvalue weighted by Crippen LogP contribution is -2.46. The van der Waals surface area contributed by atoms with Crippen LogP contribution in [0.2, 0.25) is 0 Å². The van der Waals surface area contributed by atoms with E-state index in [1.165, 1.54) is 12.8 Å². The van der Waals surface area contributed by atoms with Crippen molar-refractivity contribution in [3.8, 4) is 0 Å². The van der Waals surface area contributed by atoms with Gasteiger partial charge in [0.15, 0.2) is 0 Å². The van der Waals surface area contributed by atoms with Crippen molar-refractivity contribution in [2.75, 3.05) is 26.2 Å². The van der Waals surface area contributed by atoms with Gasteiger partial charge in [0.25, 0.3) is 0 Å². The summed E-state index contributed by atoms with van der Waals surface area (Å²) in [5, 5.41) is 14.3. The fourth-order valence-corrected chi connectivity index (χ4v) is 3.42. The summed E-state index contributed by atoms with van der Waals surface area (Å²) in [6.45, 7) is 10.3. The van der Waals surface area contributed by atoms with Crippen LogP contribution in [0.1, 0.15) is 39.2 Å². The third-order valence-electron chi connectivity index (χ3n) is 4.79. The lowest BCUT2D eigenvalue weighted by Gasteiger charge is -2.38. The molecule has 3 heteroatoms. The summed E-state index contributed by atoms with van der Waals surface area (Å²) >= 11 is 0. The van der Waals surface area contributed by atoms with Gasteiger partial charge in [-0.3, -0.25) is 0 Å². The van der Waals surface area contributed by atoms with E-state index in [-0.39, 0.29) is 0 Å². The Kier molecular flexibility index (Phi) is 5.80. The van der Waals surface area contributed by atoms with E-state index < -0.39 is 5.60 Å². The number of nitrogens with zero attached hydrogens (tertiary/aromatic N) is 1. The molecule has 0 aromatic heterocycles. The number of piperidine rings is 1. The molecule has 2 unspecified atom stereocenters. The second-order valence-electron chi connectivity index (χ2n) is 6.60. The van der Waals surface area contributed by atoms with Crippen LogP contribution in [-0.4, -0.2) is 42.2 Å². The average molecular weight is 290 g/mol. The Morgan fingerprint density at radius 1 is 1.29 bits per heavy atom. The van der Waals surface area contributed by atoms with Crippen molar-refractivity contribution in [3.05, 3.63) is 35.9 Å². The van der Waals surface area contributed by atoms with Crippen molar-refractivity contribution in [1.29, 1.82) is 0 Å². The number of rotatable bonds is 6. The van der Waals surface area contributed by atoms with Gasteiger partial charge in [0.1, 0.15) is 0 Å². The largest absolute Gasteiger partial charge is 0.384 e. The highest BCUT2D eigenvalue weighted by atomic mass is 16.3. The van der Waals surface area contributed by atoms with Crippen molar-refractivity contribution >= 4 is 0 Å². The number of likely N-dealkylation sites (tertiary alicyclic amines) is 1. The molecule has 1 saturated heterocycles. The zero-order chi connectivity index (χ0) is 15.3. The molecule has 2 atom stereocenters. The molecule has 0 saturated carbocycles. The topological polar surface area (TPSA) is 35.5 Å². The zero-order valence-corrected chi connectivity index (χ0v) is 13.7. The van der Waals surface area contributed by atoms with Crippen LogP contribution in [-0.2, 0) is 5.60 Å². The van der Waals surface area contributed by atoms with E-state index in [0.717, 1.165) is 37.7 Å². The second-order valence-corrected chi connectivity index (χ2v) is 6.60. The molecule has 0 radical (unpaired) electrons. The maximum absolute atomic E-state index is 10.7. The fourth-order valence-electron chi connectivity index (χ4n) is 3.42. The zero-order valence-electron chi connectivity index (χ0n) is 13.7. The minimum atomic E-state index is -0.763. The number of hydrogen-bond acceptors (Lipinski definition) is 3. The molecule has 2 N–H and O–H groups in total. The number of benzene rings is 1. The van der Waals surface area contributed by atoms with E-state index in [0.29, 0.717) is 6.04 Å². The smallest absolute Gasteiger partial charge is 0.0994 e. The van der Waals surface area contributed by atoms with Gasteiger partial charge in [0.2, 0.25) is 0 Å². The maximum atomic E-state index is 10.7. The second kappa shape index (κ2) is 7.39. The van der Waals surface area contributed by atoms with E-state index in [1.807, 2.05) is 37.3 Å². The number of aliphatic hydroxyl groups is 1. The van der Waals surface area contributed by atoms with Gasteiger partial charge in [-0.25, -0.2) is 0 Å². The van der Waals surface area contributed by atoms with Crippen LogP contribution < -0.4 is 5.32 Å². The summed E-state index contributed by atoms with van der Waals surface area (Å²) in [5.41, 5.74) is 0.245. The molecular weight excluding hydrogens is 260 g/mol. The van der Waals surface area contributed by atoms with Crippen LogP contribution >= 0.6 is 0 Å². The number of hydrogen-bond donors (Lipinski definition) is 2. The number of nitrogens with one attached hydrogen (secondary N) is 1. The van der Waals surface area contributed by atoms with Crippen LogP contribution in [0.3, 0.4) is 0 Å². The van der Waals surface area contributed by atoms with E-state index >= 15 is 0 Å². The van der Waals surface area contributed by atoms with Gasteiger partial charge < -0.3 is 15.3 Å². The van der Waals surface area contributed by atoms with Crippen molar-refractivity contribution < 1.29 is 5.11 Å². The van der Waals surface area contributed by atoms with Crippen molar-refractivity contribution in [3.63, 3.8) is 0 Å². The van der Waals surface area contributed by atoms with Crippen LogP contribution in [0.5, 0.6) is 0 Å². The summed E-state index contributed by atoms with van der Waals surface area (Å²) in [7, 11) is 0. The minimum Gasteiger partial charge on any atom is -0.384 e. The number of β-amino-alcohol motifs (C(OH)–C–C–N with tert-alkyl or cyclic N) is 1. The molecular formula is C18H30N2O. The Bertz CT molecular complexity index is 410. The van der Waals surface area contributed by atoms with Gasteiger partial charge in [0.05, 0.1) is 5.60 Å². The molecule has 1 aromatic rings. The molecule has 1 heterocycles.